The van der Waals surface area contributed by atoms with Crippen LogP contribution in [0.1, 0.15) is 37.8 Å². The number of carbonyl (C=O) groups excluding carboxylic acids is 1. The van der Waals surface area contributed by atoms with E-state index in [1.54, 1.807) is 19.1 Å². The van der Waals surface area contributed by atoms with E-state index in [-0.39, 0.29) is 23.5 Å². The summed E-state index contributed by atoms with van der Waals surface area (Å²) in [6, 6.07) is 14.9. The van der Waals surface area contributed by atoms with Gasteiger partial charge in [-0.2, -0.15) is 5.10 Å². The summed E-state index contributed by atoms with van der Waals surface area (Å²) in [4.78, 5) is 19.9. The Kier molecular flexibility index (Phi) is 4.88. The van der Waals surface area contributed by atoms with E-state index in [4.69, 9.17) is 14.5 Å². The number of nitrogens with one attached hydrogen (secondary N) is 1. The molecule has 2 atom stereocenters. The van der Waals surface area contributed by atoms with Gasteiger partial charge in [-0.1, -0.05) is 18.2 Å². The lowest BCUT2D eigenvalue weighted by atomic mass is 9.83. The number of nitrogens with zero attached hydrogens (tertiary/aromatic N) is 4. The first-order valence-electron chi connectivity index (χ1n) is 10.9. The maximum atomic E-state index is 13.2. The number of amides is 2. The van der Waals surface area contributed by atoms with Gasteiger partial charge in [0.25, 0.3) is 0 Å². The number of rotatable bonds is 4. The van der Waals surface area contributed by atoms with Crippen molar-refractivity contribution < 1.29 is 14.3 Å². The number of hydrogen-bond acceptors (Lipinski definition) is 5. The van der Waals surface area contributed by atoms with Crippen molar-refractivity contribution in [1.29, 1.82) is 0 Å². The summed E-state index contributed by atoms with van der Waals surface area (Å²) in [5, 5.41) is 7.69. The largest absolute Gasteiger partial charge is 0.497 e. The maximum absolute atomic E-state index is 13.2. The molecule has 3 heterocycles. The Labute approximate surface area is 192 Å². The number of aromatic nitrogens is 2. The molecule has 2 aliphatic rings. The Morgan fingerprint density at radius 3 is 2.39 bits per heavy atom. The predicted molar refractivity (Wildman–Crippen MR) is 127 cm³/mol. The van der Waals surface area contributed by atoms with Gasteiger partial charge in [-0.05, 0) is 50.6 Å². The van der Waals surface area contributed by atoms with Gasteiger partial charge >= 0.3 is 6.03 Å². The molecule has 0 unspecified atom stereocenters. The molecule has 2 aliphatic heterocycles. The first-order chi connectivity index (χ1) is 15.8. The highest BCUT2D eigenvalue weighted by Crippen LogP contribution is 2.45. The lowest BCUT2D eigenvalue weighted by Gasteiger charge is -2.33. The number of carbonyl (C=O) groups is 1. The van der Waals surface area contributed by atoms with E-state index in [1.807, 2.05) is 59.4 Å². The van der Waals surface area contributed by atoms with Gasteiger partial charge in [-0.25, -0.2) is 14.5 Å². The number of fused-ring (bicyclic) bond motifs is 2. The van der Waals surface area contributed by atoms with Gasteiger partial charge in [-0.15, -0.1) is 0 Å². The molecule has 3 aromatic rings. The van der Waals surface area contributed by atoms with E-state index < -0.39 is 0 Å². The molecule has 0 saturated carbocycles. The van der Waals surface area contributed by atoms with Crippen LogP contribution in [0.3, 0.4) is 0 Å². The third kappa shape index (κ3) is 3.42. The summed E-state index contributed by atoms with van der Waals surface area (Å²) in [7, 11) is 3.26. The summed E-state index contributed by atoms with van der Waals surface area (Å²) in [5.41, 5.74) is 2.51. The lowest BCUT2D eigenvalue weighted by molar-refractivity contribution is 0.252. The van der Waals surface area contributed by atoms with E-state index in [2.05, 4.69) is 31.2 Å². The Morgan fingerprint density at radius 2 is 1.73 bits per heavy atom. The molecule has 1 aromatic heterocycles. The molecule has 8 heteroatoms. The highest BCUT2D eigenvalue weighted by molar-refractivity contribution is 6.18. The van der Waals surface area contributed by atoms with Gasteiger partial charge in [0, 0.05) is 23.2 Å². The Bertz CT molecular complexity index is 1240. The molecular weight excluding hydrogens is 418 g/mol. The molecule has 1 saturated heterocycles. The van der Waals surface area contributed by atoms with Gasteiger partial charge < -0.3 is 9.47 Å². The molecule has 2 amide bonds. The fourth-order valence-electron chi connectivity index (χ4n) is 4.57. The molecule has 0 spiro atoms. The molecule has 0 aliphatic carbocycles. The van der Waals surface area contributed by atoms with Gasteiger partial charge in [0.1, 0.15) is 23.4 Å². The van der Waals surface area contributed by atoms with E-state index in [1.165, 1.54) is 0 Å². The summed E-state index contributed by atoms with van der Waals surface area (Å²) >= 11 is 0. The number of urea groups is 1. The molecule has 170 valence electrons. The Hall–Kier alpha value is -3.81. The van der Waals surface area contributed by atoms with Crippen LogP contribution in [0.25, 0.3) is 0 Å². The third-order valence-electron chi connectivity index (χ3n) is 6.10. The zero-order chi connectivity index (χ0) is 23.3. The van der Waals surface area contributed by atoms with Crippen LogP contribution < -0.4 is 19.7 Å². The molecule has 0 radical (unpaired) electrons. The number of anilines is 1. The van der Waals surface area contributed by atoms with Crippen LogP contribution in [0.4, 0.5) is 16.3 Å². The molecule has 5 rings (SSSR count). The van der Waals surface area contributed by atoms with Crippen molar-refractivity contribution in [3.8, 4) is 11.5 Å². The molecule has 0 bridgehead atoms. The van der Waals surface area contributed by atoms with Crippen LogP contribution in [-0.2, 0) is 5.54 Å². The van der Waals surface area contributed by atoms with Crippen LogP contribution in [0.2, 0.25) is 0 Å². The molecule has 8 nitrogen and oxygen atoms in total. The summed E-state index contributed by atoms with van der Waals surface area (Å²) < 4.78 is 12.7. The van der Waals surface area contributed by atoms with Crippen LogP contribution in [0.15, 0.2) is 59.7 Å². The van der Waals surface area contributed by atoms with Gasteiger partial charge in [0.05, 0.1) is 26.0 Å². The number of amidine groups is 1. The number of methoxy groups -OCH3 is 2. The zero-order valence-corrected chi connectivity index (χ0v) is 19.4. The molecule has 2 aromatic carbocycles. The predicted octanol–water partition coefficient (Wildman–Crippen LogP) is 4.43. The van der Waals surface area contributed by atoms with Gasteiger partial charge in [0.15, 0.2) is 5.82 Å². The van der Waals surface area contributed by atoms with Gasteiger partial charge in [-0.3, -0.25) is 10.2 Å². The summed E-state index contributed by atoms with van der Waals surface area (Å²) in [6.07, 6.45) is 1.88. The first-order valence-corrected chi connectivity index (χ1v) is 10.9. The first kappa shape index (κ1) is 21.1. The number of benzene rings is 2. The Morgan fingerprint density at radius 1 is 1.00 bits per heavy atom. The van der Waals surface area contributed by atoms with Crippen molar-refractivity contribution >= 4 is 23.4 Å². The number of hydrogen-bond donors (Lipinski definition) is 1. The second-order valence-corrected chi connectivity index (χ2v) is 9.20. The fourth-order valence-corrected chi connectivity index (χ4v) is 4.57. The van der Waals surface area contributed by atoms with Crippen molar-refractivity contribution in [2.24, 2.45) is 4.99 Å². The van der Waals surface area contributed by atoms with Gasteiger partial charge in [0.2, 0.25) is 0 Å². The minimum atomic E-state index is -0.344. The van der Waals surface area contributed by atoms with E-state index in [0.717, 1.165) is 28.4 Å². The van der Waals surface area contributed by atoms with Crippen LogP contribution in [0, 0.1) is 0 Å². The molecular formula is C25H27N5O3. The van der Waals surface area contributed by atoms with Crippen molar-refractivity contribution in [1.82, 2.24) is 15.1 Å². The monoisotopic (exact) mass is 445 g/mol. The van der Waals surface area contributed by atoms with E-state index in [0.29, 0.717) is 11.6 Å². The lowest BCUT2D eigenvalue weighted by Crippen LogP contribution is -2.42. The minimum absolute atomic E-state index is 0.167. The smallest absolute Gasteiger partial charge is 0.328 e. The van der Waals surface area contributed by atoms with E-state index >= 15 is 0 Å². The zero-order valence-electron chi connectivity index (χ0n) is 19.4. The van der Waals surface area contributed by atoms with Crippen LogP contribution >= 0.6 is 0 Å². The molecule has 33 heavy (non-hydrogen) atoms. The highest BCUT2D eigenvalue weighted by atomic mass is 16.5. The van der Waals surface area contributed by atoms with Crippen molar-refractivity contribution in [3.05, 3.63) is 65.9 Å². The maximum Gasteiger partial charge on any atom is 0.328 e. The second kappa shape index (κ2) is 7.65. The fraction of sp³-hybridized carbons (Fsp3) is 0.320. The summed E-state index contributed by atoms with van der Waals surface area (Å²) in [5.74, 6) is 2.67. The standard InChI is InChI=1S/C25H27N5O3/c1-25(2,3)30-23-19(14-26-30)20(15-9-11-17(32-4)12-10-15)21-22(27-23)28-24(31)29(21)16-7-6-8-18(13-16)33-5/h6-14,20-21H,1-5H3,(H,27,28,31)/t20-,21+/m0/s1. The normalized spacial score (nSPS) is 19.5. The van der Waals surface area contributed by atoms with Crippen molar-refractivity contribution in [3.63, 3.8) is 0 Å². The van der Waals surface area contributed by atoms with E-state index in [9.17, 15) is 4.79 Å². The molecule has 1 fully saturated rings. The summed E-state index contributed by atoms with van der Waals surface area (Å²) in [6.45, 7) is 6.26. The van der Waals surface area contributed by atoms with Crippen LogP contribution in [-0.4, -0.2) is 41.9 Å². The average Bonchev–Trinajstić information content (AvgIpc) is 3.37. The Balaban J connectivity index is 1.70. The minimum Gasteiger partial charge on any atom is -0.497 e. The highest BCUT2D eigenvalue weighted by Gasteiger charge is 2.48. The van der Waals surface area contributed by atoms with Crippen LogP contribution in [0.5, 0.6) is 11.5 Å². The third-order valence-corrected chi connectivity index (χ3v) is 6.10. The molecule has 1 N–H and O–H groups in total. The van der Waals surface area contributed by atoms with Crippen molar-refractivity contribution in [2.45, 2.75) is 38.3 Å². The quantitative estimate of drug-likeness (QED) is 0.644. The number of aliphatic imine (C=N–C) groups is 1. The SMILES string of the molecule is COc1ccc([C@H]2c3cnn(C(C)(C)C)c3N=C3NC(=O)N(c4cccc(OC)c4)[C@@H]32)cc1. The topological polar surface area (TPSA) is 81.0 Å². The second-order valence-electron chi connectivity index (χ2n) is 9.20. The van der Waals surface area contributed by atoms with Crippen molar-refractivity contribution in [2.75, 3.05) is 19.1 Å². The number of ether oxygens (including phenoxy) is 2. The average molecular weight is 446 g/mol.